The monoisotopic (exact) mass is 297 g/mol. The minimum atomic E-state index is -0.463. The van der Waals surface area contributed by atoms with Gasteiger partial charge < -0.3 is 10.1 Å². The van der Waals surface area contributed by atoms with Crippen LogP contribution in [0.3, 0.4) is 0 Å². The molecule has 0 spiro atoms. The molecule has 1 aliphatic carbocycles. The van der Waals surface area contributed by atoms with Gasteiger partial charge in [0.05, 0.1) is 19.1 Å². The molecule has 1 N–H and O–H groups in total. The molecule has 1 aromatic carbocycles. The van der Waals surface area contributed by atoms with Crippen LogP contribution in [0, 0.1) is 0 Å². The average molecular weight is 297 g/mol. The third-order valence-corrected chi connectivity index (χ3v) is 4.27. The van der Waals surface area contributed by atoms with E-state index in [0.717, 1.165) is 36.3 Å². The summed E-state index contributed by atoms with van der Waals surface area (Å²) in [4.78, 5) is 20.5. The fraction of sp³-hybridized carbons (Fsp3) is 0.353. The summed E-state index contributed by atoms with van der Waals surface area (Å²) in [6.07, 6.45) is 6.21. The molecule has 0 bridgehead atoms. The second-order valence-corrected chi connectivity index (χ2v) is 5.53. The Hall–Kier alpha value is -2.43. The van der Waals surface area contributed by atoms with Gasteiger partial charge in [0.15, 0.2) is 0 Å². The lowest BCUT2D eigenvalue weighted by Crippen LogP contribution is -2.43. The van der Waals surface area contributed by atoms with Crippen LogP contribution < -0.4 is 5.32 Å². The molecule has 0 aliphatic heterocycles. The first-order valence-electron chi connectivity index (χ1n) is 7.43. The zero-order valence-electron chi connectivity index (χ0n) is 12.6. The van der Waals surface area contributed by atoms with Crippen LogP contribution in [-0.2, 0) is 21.5 Å². The molecule has 5 heteroatoms. The highest BCUT2D eigenvalue weighted by atomic mass is 16.5. The van der Waals surface area contributed by atoms with Crippen molar-refractivity contribution in [3.63, 3.8) is 0 Å². The van der Waals surface area contributed by atoms with Crippen molar-refractivity contribution in [2.75, 3.05) is 12.4 Å². The maximum Gasteiger partial charge on any atom is 0.316 e. The van der Waals surface area contributed by atoms with Crippen LogP contribution in [-0.4, -0.2) is 23.0 Å². The van der Waals surface area contributed by atoms with E-state index in [1.165, 1.54) is 7.11 Å². The van der Waals surface area contributed by atoms with E-state index in [0.29, 0.717) is 6.54 Å². The number of aromatic nitrogens is 2. The van der Waals surface area contributed by atoms with Crippen molar-refractivity contribution in [3.8, 4) is 0 Å². The number of hydrogen-bond donors (Lipinski definition) is 1. The summed E-state index contributed by atoms with van der Waals surface area (Å²) >= 11 is 0. The van der Waals surface area contributed by atoms with Crippen molar-refractivity contribution in [3.05, 3.63) is 54.1 Å². The Morgan fingerprint density at radius 3 is 2.68 bits per heavy atom. The summed E-state index contributed by atoms with van der Waals surface area (Å²) < 4.78 is 5.00. The molecule has 1 aromatic heterocycles. The van der Waals surface area contributed by atoms with Gasteiger partial charge in [-0.25, -0.2) is 9.97 Å². The Morgan fingerprint density at radius 2 is 2.05 bits per heavy atom. The average Bonchev–Trinajstić information content (AvgIpc) is 2.53. The van der Waals surface area contributed by atoms with Crippen LogP contribution in [0.5, 0.6) is 0 Å². The van der Waals surface area contributed by atoms with Gasteiger partial charge in [0.2, 0.25) is 0 Å². The molecule has 1 saturated carbocycles. The molecule has 0 unspecified atom stereocenters. The van der Waals surface area contributed by atoms with E-state index in [1.54, 1.807) is 18.5 Å². The van der Waals surface area contributed by atoms with Crippen molar-refractivity contribution in [1.82, 2.24) is 9.97 Å². The van der Waals surface area contributed by atoms with Crippen LogP contribution in [0.25, 0.3) is 0 Å². The molecule has 1 aliphatic rings. The van der Waals surface area contributed by atoms with Crippen molar-refractivity contribution < 1.29 is 9.53 Å². The number of methoxy groups -OCH3 is 1. The Morgan fingerprint density at radius 1 is 1.27 bits per heavy atom. The van der Waals surface area contributed by atoms with Crippen LogP contribution in [0.1, 0.15) is 30.7 Å². The minimum absolute atomic E-state index is 0.137. The van der Waals surface area contributed by atoms with Gasteiger partial charge >= 0.3 is 5.97 Å². The second kappa shape index (κ2) is 6.13. The van der Waals surface area contributed by atoms with Crippen LogP contribution in [0.2, 0.25) is 0 Å². The molecular formula is C17H19N3O2. The van der Waals surface area contributed by atoms with E-state index >= 15 is 0 Å². The van der Waals surface area contributed by atoms with Crippen LogP contribution in [0.4, 0.5) is 5.69 Å². The van der Waals surface area contributed by atoms with Crippen LogP contribution in [0.15, 0.2) is 42.7 Å². The fourth-order valence-electron chi connectivity index (χ4n) is 2.87. The van der Waals surface area contributed by atoms with E-state index in [4.69, 9.17) is 4.74 Å². The lowest BCUT2D eigenvalue weighted by molar-refractivity contribution is -0.151. The highest BCUT2D eigenvalue weighted by molar-refractivity contribution is 5.84. The number of anilines is 1. The fourth-order valence-corrected chi connectivity index (χ4v) is 2.87. The first-order chi connectivity index (χ1) is 10.7. The summed E-state index contributed by atoms with van der Waals surface area (Å²) in [6, 6.07) is 9.77. The Kier molecular flexibility index (Phi) is 4.04. The van der Waals surface area contributed by atoms with Gasteiger partial charge in [0.25, 0.3) is 0 Å². The molecular weight excluding hydrogens is 278 g/mol. The van der Waals surface area contributed by atoms with Gasteiger partial charge in [-0.1, -0.05) is 18.6 Å². The van der Waals surface area contributed by atoms with Gasteiger partial charge in [-0.15, -0.1) is 0 Å². The first-order valence-corrected chi connectivity index (χ1v) is 7.43. The number of ether oxygens (including phenoxy) is 1. The van der Waals surface area contributed by atoms with Crippen LogP contribution >= 0.6 is 0 Å². The topological polar surface area (TPSA) is 64.1 Å². The predicted octanol–water partition coefficient (Wildman–Crippen LogP) is 2.68. The predicted molar refractivity (Wildman–Crippen MR) is 83.3 cm³/mol. The van der Waals surface area contributed by atoms with Gasteiger partial charge in [0.1, 0.15) is 5.82 Å². The standard InChI is InChI=1S/C17H19N3O2/c1-22-16(21)17(7-3-8-17)13-5-2-6-14(11-13)20-12-15-18-9-4-10-19-15/h2,4-6,9-11,20H,3,7-8,12H2,1H3. The van der Waals surface area contributed by atoms with Gasteiger partial charge in [-0.2, -0.15) is 0 Å². The Labute approximate surface area is 129 Å². The largest absolute Gasteiger partial charge is 0.468 e. The molecule has 1 heterocycles. The number of rotatable bonds is 5. The molecule has 2 aromatic rings. The highest BCUT2D eigenvalue weighted by Gasteiger charge is 2.46. The number of carbonyl (C=O) groups excluding carboxylic acids is 1. The van der Waals surface area contributed by atoms with E-state index in [1.807, 2.05) is 24.3 Å². The molecule has 0 atom stereocenters. The number of nitrogens with zero attached hydrogens (tertiary/aromatic N) is 2. The Balaban J connectivity index is 1.76. The minimum Gasteiger partial charge on any atom is -0.468 e. The summed E-state index contributed by atoms with van der Waals surface area (Å²) in [7, 11) is 1.46. The molecule has 0 amide bonds. The second-order valence-electron chi connectivity index (χ2n) is 5.53. The van der Waals surface area contributed by atoms with Gasteiger partial charge in [0, 0.05) is 18.1 Å². The highest BCUT2D eigenvalue weighted by Crippen LogP contribution is 2.45. The smallest absolute Gasteiger partial charge is 0.316 e. The van der Waals surface area contributed by atoms with Crippen molar-refractivity contribution in [2.24, 2.45) is 0 Å². The SMILES string of the molecule is COC(=O)C1(c2cccc(NCc3ncccn3)c2)CCC1. The lowest BCUT2D eigenvalue weighted by atomic mass is 9.64. The maximum atomic E-state index is 12.1. The summed E-state index contributed by atoms with van der Waals surface area (Å²) in [5, 5.41) is 3.30. The summed E-state index contributed by atoms with van der Waals surface area (Å²) in [6.45, 7) is 0.551. The normalized spacial score (nSPS) is 15.7. The van der Waals surface area contributed by atoms with E-state index in [2.05, 4.69) is 15.3 Å². The number of benzene rings is 1. The summed E-state index contributed by atoms with van der Waals surface area (Å²) in [5.74, 6) is 0.599. The molecule has 0 radical (unpaired) electrons. The lowest BCUT2D eigenvalue weighted by Gasteiger charge is -2.39. The number of carbonyl (C=O) groups is 1. The molecule has 1 fully saturated rings. The van der Waals surface area contributed by atoms with Gasteiger partial charge in [-0.05, 0) is 36.6 Å². The number of hydrogen-bond acceptors (Lipinski definition) is 5. The quantitative estimate of drug-likeness (QED) is 0.860. The first kappa shape index (κ1) is 14.5. The zero-order valence-corrected chi connectivity index (χ0v) is 12.6. The third-order valence-electron chi connectivity index (χ3n) is 4.27. The third kappa shape index (κ3) is 2.66. The van der Waals surface area contributed by atoms with Crippen molar-refractivity contribution in [1.29, 1.82) is 0 Å². The van der Waals surface area contributed by atoms with E-state index < -0.39 is 5.41 Å². The molecule has 22 heavy (non-hydrogen) atoms. The maximum absolute atomic E-state index is 12.1. The van der Waals surface area contributed by atoms with Crippen molar-refractivity contribution >= 4 is 11.7 Å². The molecule has 0 saturated heterocycles. The zero-order chi connectivity index (χ0) is 15.4. The van der Waals surface area contributed by atoms with E-state index in [9.17, 15) is 4.79 Å². The number of esters is 1. The Bertz CT molecular complexity index is 654. The van der Waals surface area contributed by atoms with Gasteiger partial charge in [-0.3, -0.25) is 4.79 Å². The summed E-state index contributed by atoms with van der Waals surface area (Å²) in [5.41, 5.74) is 1.51. The molecule has 114 valence electrons. The van der Waals surface area contributed by atoms with Crippen molar-refractivity contribution in [2.45, 2.75) is 31.2 Å². The van der Waals surface area contributed by atoms with E-state index in [-0.39, 0.29) is 5.97 Å². The molecule has 3 rings (SSSR count). The number of nitrogens with one attached hydrogen (secondary N) is 1. The molecule has 5 nitrogen and oxygen atoms in total.